The van der Waals surface area contributed by atoms with Gasteiger partial charge < -0.3 is 14.6 Å². The smallest absolute Gasteiger partial charge is 0.270 e. The summed E-state index contributed by atoms with van der Waals surface area (Å²) in [4.78, 5) is 19.1. The van der Waals surface area contributed by atoms with Gasteiger partial charge in [0.25, 0.3) is 5.91 Å². The van der Waals surface area contributed by atoms with Gasteiger partial charge in [-0.1, -0.05) is 5.92 Å². The molecular formula is C17H18N4O. The molecule has 1 N–H and O–H groups in total. The number of piperidine rings is 1. The van der Waals surface area contributed by atoms with Gasteiger partial charge in [-0.15, -0.1) is 6.42 Å². The maximum Gasteiger partial charge on any atom is 0.270 e. The van der Waals surface area contributed by atoms with Crippen molar-refractivity contribution in [2.24, 2.45) is 5.92 Å². The fourth-order valence-corrected chi connectivity index (χ4v) is 3.64. The van der Waals surface area contributed by atoms with Gasteiger partial charge in [0.2, 0.25) is 0 Å². The minimum atomic E-state index is -0.0987. The molecule has 2 saturated heterocycles. The van der Waals surface area contributed by atoms with Gasteiger partial charge in [-0.25, -0.2) is 4.98 Å². The van der Waals surface area contributed by atoms with Crippen LogP contribution in [-0.2, 0) is 0 Å². The highest BCUT2D eigenvalue weighted by Gasteiger charge is 2.33. The molecule has 0 aromatic carbocycles. The molecule has 0 aliphatic carbocycles. The van der Waals surface area contributed by atoms with E-state index in [9.17, 15) is 4.79 Å². The summed E-state index contributed by atoms with van der Waals surface area (Å²) in [5.41, 5.74) is 2.12. The molecule has 5 heteroatoms. The fraction of sp³-hybridized carbons (Fsp3) is 0.412. The zero-order valence-electron chi connectivity index (χ0n) is 12.3. The van der Waals surface area contributed by atoms with Crippen molar-refractivity contribution >= 4 is 11.4 Å². The maximum atomic E-state index is 12.4. The minimum absolute atomic E-state index is 0.0987. The Morgan fingerprint density at radius 1 is 1.41 bits per heavy atom. The molecule has 2 aromatic heterocycles. The van der Waals surface area contributed by atoms with Crippen LogP contribution in [0.15, 0.2) is 24.7 Å². The SMILES string of the molecule is C#Cc1cc2cc(C(=O)N[C@@H]3CC4CCN(C4)C3)ncn2c1. The lowest BCUT2D eigenvalue weighted by Gasteiger charge is -2.30. The van der Waals surface area contributed by atoms with E-state index in [0.717, 1.165) is 30.0 Å². The maximum absolute atomic E-state index is 12.4. The van der Waals surface area contributed by atoms with Gasteiger partial charge in [-0.2, -0.15) is 0 Å². The van der Waals surface area contributed by atoms with E-state index in [1.165, 1.54) is 19.5 Å². The number of rotatable bonds is 2. The normalized spacial score (nSPS) is 26.8. The summed E-state index contributed by atoms with van der Waals surface area (Å²) in [6.07, 6.45) is 11.2. The average molecular weight is 294 g/mol. The quantitative estimate of drug-likeness (QED) is 0.845. The Bertz CT molecular complexity index is 761. The molecule has 0 spiro atoms. The number of terminal acetylenes is 1. The van der Waals surface area contributed by atoms with Gasteiger partial charge in [-0.05, 0) is 37.4 Å². The second kappa shape index (κ2) is 5.15. The standard InChI is InChI=1S/C17H18N4O/c1-2-12-6-15-7-16(18-11-21(15)9-12)17(22)19-14-5-13-3-4-20(8-13)10-14/h1,6-7,9,11,13-14H,3-5,8,10H2,(H,19,22)/t13?,14-/m1/s1. The Morgan fingerprint density at radius 3 is 3.14 bits per heavy atom. The molecular weight excluding hydrogens is 276 g/mol. The summed E-state index contributed by atoms with van der Waals surface area (Å²) in [5, 5.41) is 3.13. The van der Waals surface area contributed by atoms with Gasteiger partial charge >= 0.3 is 0 Å². The Hall–Kier alpha value is -2.32. The molecule has 2 unspecified atom stereocenters. The fourth-order valence-electron chi connectivity index (χ4n) is 3.64. The zero-order valence-corrected chi connectivity index (χ0v) is 12.3. The summed E-state index contributed by atoms with van der Waals surface area (Å²) in [6.45, 7) is 3.31. The van der Waals surface area contributed by atoms with Crippen molar-refractivity contribution in [3.63, 3.8) is 0 Å². The summed E-state index contributed by atoms with van der Waals surface area (Å²) in [6, 6.07) is 3.90. The highest BCUT2D eigenvalue weighted by molar-refractivity contribution is 5.93. The van der Waals surface area contributed by atoms with Crippen LogP contribution in [0.4, 0.5) is 0 Å². The summed E-state index contributed by atoms with van der Waals surface area (Å²) >= 11 is 0. The lowest BCUT2D eigenvalue weighted by molar-refractivity contribution is 0.0904. The molecule has 2 aliphatic rings. The molecule has 2 aliphatic heterocycles. The highest BCUT2D eigenvalue weighted by Crippen LogP contribution is 2.26. The Morgan fingerprint density at radius 2 is 2.32 bits per heavy atom. The first-order valence-corrected chi connectivity index (χ1v) is 7.69. The predicted molar refractivity (Wildman–Crippen MR) is 83.5 cm³/mol. The molecule has 2 bridgehead atoms. The molecule has 112 valence electrons. The van der Waals surface area contributed by atoms with Crippen molar-refractivity contribution in [3.8, 4) is 12.3 Å². The van der Waals surface area contributed by atoms with Gasteiger partial charge in [0.1, 0.15) is 12.0 Å². The van der Waals surface area contributed by atoms with E-state index < -0.39 is 0 Å². The molecule has 4 heterocycles. The summed E-state index contributed by atoms with van der Waals surface area (Å²) in [5.74, 6) is 3.23. The number of aromatic nitrogens is 2. The van der Waals surface area contributed by atoms with Crippen LogP contribution in [-0.4, -0.2) is 45.9 Å². The Balaban J connectivity index is 1.51. The number of fused-ring (bicyclic) bond motifs is 3. The van der Waals surface area contributed by atoms with Crippen LogP contribution in [0, 0.1) is 18.3 Å². The molecule has 2 fully saturated rings. The highest BCUT2D eigenvalue weighted by atomic mass is 16.1. The third kappa shape index (κ3) is 2.36. The van der Waals surface area contributed by atoms with Crippen LogP contribution in [0.1, 0.15) is 28.9 Å². The third-order valence-corrected chi connectivity index (χ3v) is 4.69. The van der Waals surface area contributed by atoms with Crippen molar-refractivity contribution in [3.05, 3.63) is 35.9 Å². The first kappa shape index (κ1) is 13.4. The monoisotopic (exact) mass is 294 g/mol. The van der Waals surface area contributed by atoms with Crippen molar-refractivity contribution in [1.29, 1.82) is 0 Å². The van der Waals surface area contributed by atoms with Crippen LogP contribution in [0.5, 0.6) is 0 Å². The number of nitrogens with one attached hydrogen (secondary N) is 1. The molecule has 1 amide bonds. The first-order valence-electron chi connectivity index (χ1n) is 7.69. The number of hydrogen-bond acceptors (Lipinski definition) is 3. The molecule has 22 heavy (non-hydrogen) atoms. The van der Waals surface area contributed by atoms with E-state index in [2.05, 4.69) is 21.1 Å². The molecule has 3 atom stereocenters. The number of carbonyl (C=O) groups excluding carboxylic acids is 1. The van der Waals surface area contributed by atoms with E-state index >= 15 is 0 Å². The van der Waals surface area contributed by atoms with Crippen LogP contribution < -0.4 is 5.32 Å². The minimum Gasteiger partial charge on any atom is -0.347 e. The average Bonchev–Trinajstić information content (AvgIpc) is 3.09. The largest absolute Gasteiger partial charge is 0.347 e. The van der Waals surface area contributed by atoms with E-state index in [1.807, 2.05) is 16.7 Å². The van der Waals surface area contributed by atoms with Gasteiger partial charge in [0.15, 0.2) is 0 Å². The van der Waals surface area contributed by atoms with Gasteiger partial charge in [0, 0.05) is 30.9 Å². The number of amides is 1. The first-order chi connectivity index (χ1) is 10.7. The number of hydrogen-bond donors (Lipinski definition) is 1. The van der Waals surface area contributed by atoms with E-state index in [1.54, 1.807) is 12.4 Å². The van der Waals surface area contributed by atoms with Crippen molar-refractivity contribution in [2.45, 2.75) is 18.9 Å². The van der Waals surface area contributed by atoms with Crippen LogP contribution in [0.2, 0.25) is 0 Å². The topological polar surface area (TPSA) is 49.6 Å². The third-order valence-electron chi connectivity index (χ3n) is 4.69. The van der Waals surface area contributed by atoms with Gasteiger partial charge in [0.05, 0.1) is 5.52 Å². The van der Waals surface area contributed by atoms with Crippen molar-refractivity contribution < 1.29 is 4.79 Å². The summed E-state index contributed by atoms with van der Waals surface area (Å²) in [7, 11) is 0. The van der Waals surface area contributed by atoms with Crippen LogP contribution >= 0.6 is 0 Å². The molecule has 5 nitrogen and oxygen atoms in total. The molecule has 2 aromatic rings. The number of nitrogens with zero attached hydrogens (tertiary/aromatic N) is 3. The predicted octanol–water partition coefficient (Wildman–Crippen LogP) is 1.14. The Kier molecular flexibility index (Phi) is 3.12. The zero-order chi connectivity index (χ0) is 15.1. The van der Waals surface area contributed by atoms with Crippen molar-refractivity contribution in [1.82, 2.24) is 19.6 Å². The lowest BCUT2D eigenvalue weighted by atomic mass is 9.97. The van der Waals surface area contributed by atoms with Crippen LogP contribution in [0.25, 0.3) is 5.52 Å². The van der Waals surface area contributed by atoms with E-state index in [4.69, 9.17) is 6.42 Å². The Labute approximate surface area is 129 Å². The number of carbonyl (C=O) groups is 1. The van der Waals surface area contributed by atoms with E-state index in [0.29, 0.717) is 5.69 Å². The lowest BCUT2D eigenvalue weighted by Crippen LogP contribution is -2.47. The molecule has 4 rings (SSSR count). The molecule has 0 radical (unpaired) electrons. The second-order valence-corrected chi connectivity index (χ2v) is 6.30. The van der Waals surface area contributed by atoms with Gasteiger partial charge in [-0.3, -0.25) is 4.79 Å². The van der Waals surface area contributed by atoms with Crippen LogP contribution in [0.3, 0.4) is 0 Å². The second-order valence-electron chi connectivity index (χ2n) is 6.30. The summed E-state index contributed by atoms with van der Waals surface area (Å²) < 4.78 is 1.83. The molecule has 0 saturated carbocycles. The van der Waals surface area contributed by atoms with E-state index in [-0.39, 0.29) is 11.9 Å². The van der Waals surface area contributed by atoms with Crippen molar-refractivity contribution in [2.75, 3.05) is 19.6 Å².